The Kier molecular flexibility index (Phi) is 1.31. The second-order valence-electron chi connectivity index (χ2n) is 3.52. The molecule has 1 saturated carbocycles. The summed E-state index contributed by atoms with van der Waals surface area (Å²) in [5.74, 6) is 0.688. The summed E-state index contributed by atoms with van der Waals surface area (Å²) in [5.41, 5.74) is 0. The van der Waals surface area contributed by atoms with Crippen LogP contribution in [0, 0.1) is 5.92 Å². The summed E-state index contributed by atoms with van der Waals surface area (Å²) in [6, 6.07) is 0.971. The lowest BCUT2D eigenvalue weighted by Crippen LogP contribution is -2.38. The van der Waals surface area contributed by atoms with Gasteiger partial charge in [-0.25, -0.2) is 0 Å². The maximum atomic E-state index is 10.6. The molecule has 2 heteroatoms. The van der Waals surface area contributed by atoms with Gasteiger partial charge in [-0.1, -0.05) is 0 Å². The van der Waals surface area contributed by atoms with Gasteiger partial charge >= 0.3 is 0 Å². The van der Waals surface area contributed by atoms with Crippen molar-refractivity contribution in [2.75, 3.05) is 7.05 Å². The molecule has 0 radical (unpaired) electrons. The monoisotopic (exact) mass is 139 g/mol. The summed E-state index contributed by atoms with van der Waals surface area (Å²) in [7, 11) is 2.07. The zero-order valence-electron chi connectivity index (χ0n) is 6.29. The van der Waals surface area contributed by atoms with Crippen LogP contribution in [0.3, 0.4) is 0 Å². The van der Waals surface area contributed by atoms with Crippen molar-refractivity contribution in [2.24, 2.45) is 5.92 Å². The molecule has 10 heavy (non-hydrogen) atoms. The minimum Gasteiger partial charge on any atom is -0.302 e. The highest BCUT2D eigenvalue weighted by atomic mass is 16.1. The number of hydrogen-bond acceptors (Lipinski definition) is 2. The summed E-state index contributed by atoms with van der Waals surface area (Å²) in [6.07, 6.45) is 4.97. The van der Waals surface area contributed by atoms with Gasteiger partial charge in [0.2, 0.25) is 0 Å². The number of hydrogen-bond donors (Lipinski definition) is 0. The molecule has 2 bridgehead atoms. The molecule has 56 valence electrons. The molecular weight excluding hydrogens is 126 g/mol. The molecule has 2 rings (SSSR count). The molecule has 0 spiro atoms. The molecule has 3 atom stereocenters. The first-order chi connectivity index (χ1) is 4.83. The van der Waals surface area contributed by atoms with E-state index in [-0.39, 0.29) is 6.04 Å². The fraction of sp³-hybridized carbons (Fsp3) is 0.875. The van der Waals surface area contributed by atoms with E-state index in [1.165, 1.54) is 19.3 Å². The summed E-state index contributed by atoms with van der Waals surface area (Å²) in [5, 5.41) is 0. The molecule has 1 aliphatic heterocycles. The molecule has 1 heterocycles. The van der Waals surface area contributed by atoms with Crippen LogP contribution in [-0.2, 0) is 4.79 Å². The third-order valence-electron chi connectivity index (χ3n) is 3.11. The van der Waals surface area contributed by atoms with Crippen molar-refractivity contribution in [1.82, 2.24) is 4.90 Å². The van der Waals surface area contributed by atoms with Gasteiger partial charge in [0.1, 0.15) is 6.29 Å². The largest absolute Gasteiger partial charge is 0.302 e. The molecule has 1 aliphatic carbocycles. The zero-order valence-corrected chi connectivity index (χ0v) is 6.29. The molecule has 0 aromatic carbocycles. The first-order valence-electron chi connectivity index (χ1n) is 4.00. The van der Waals surface area contributed by atoms with Crippen LogP contribution in [-0.4, -0.2) is 30.3 Å². The van der Waals surface area contributed by atoms with Crippen LogP contribution in [0.5, 0.6) is 0 Å². The van der Waals surface area contributed by atoms with Crippen LogP contribution < -0.4 is 0 Å². The van der Waals surface area contributed by atoms with Gasteiger partial charge in [-0.2, -0.15) is 0 Å². The summed E-state index contributed by atoms with van der Waals surface area (Å²) in [6.45, 7) is 0. The van der Waals surface area contributed by atoms with Crippen LogP contribution in [0.2, 0.25) is 0 Å². The SMILES string of the molecule is CN1C(C=O)C2CC[C@H]1C2. The summed E-state index contributed by atoms with van der Waals surface area (Å²) < 4.78 is 0. The van der Waals surface area contributed by atoms with Crippen LogP contribution in [0.15, 0.2) is 0 Å². The van der Waals surface area contributed by atoms with Gasteiger partial charge in [0.05, 0.1) is 6.04 Å². The lowest BCUT2D eigenvalue weighted by Gasteiger charge is -2.27. The lowest BCUT2D eigenvalue weighted by molar-refractivity contribution is -0.113. The first kappa shape index (κ1) is 6.35. The maximum Gasteiger partial charge on any atom is 0.137 e. The van der Waals surface area contributed by atoms with Gasteiger partial charge < -0.3 is 4.79 Å². The molecule has 0 aromatic rings. The Morgan fingerprint density at radius 1 is 1.50 bits per heavy atom. The average Bonchev–Trinajstić information content (AvgIpc) is 2.46. The number of likely N-dealkylation sites (N-methyl/N-ethyl adjacent to an activating group) is 1. The number of nitrogens with zero attached hydrogens (tertiary/aromatic N) is 1. The van der Waals surface area contributed by atoms with E-state index in [0.717, 1.165) is 12.3 Å². The van der Waals surface area contributed by atoms with Crippen molar-refractivity contribution in [3.63, 3.8) is 0 Å². The fourth-order valence-electron chi connectivity index (χ4n) is 2.45. The predicted molar refractivity (Wildman–Crippen MR) is 38.7 cm³/mol. The van der Waals surface area contributed by atoms with Crippen molar-refractivity contribution in [3.8, 4) is 0 Å². The van der Waals surface area contributed by atoms with Gasteiger partial charge in [-0.3, -0.25) is 4.90 Å². The second kappa shape index (κ2) is 2.06. The Morgan fingerprint density at radius 2 is 2.30 bits per heavy atom. The van der Waals surface area contributed by atoms with Crippen molar-refractivity contribution in [1.29, 1.82) is 0 Å². The number of aldehydes is 1. The van der Waals surface area contributed by atoms with Gasteiger partial charge in [0.15, 0.2) is 0 Å². The van der Waals surface area contributed by atoms with Crippen molar-refractivity contribution < 1.29 is 4.79 Å². The normalized spacial score (nSPS) is 46.3. The van der Waals surface area contributed by atoms with Gasteiger partial charge in [-0.05, 0) is 32.2 Å². The van der Waals surface area contributed by atoms with E-state index in [9.17, 15) is 4.79 Å². The molecule has 0 N–H and O–H groups in total. The zero-order chi connectivity index (χ0) is 7.14. The number of fused-ring (bicyclic) bond motifs is 2. The highest BCUT2D eigenvalue weighted by Crippen LogP contribution is 2.40. The predicted octanol–water partition coefficient (Wildman–Crippen LogP) is 0.668. The standard InChI is InChI=1S/C8H13NO/c1-9-7-3-2-6(4-7)8(9)5-10/h5-8H,2-4H2,1H3/t6?,7-,8?/m0/s1. The minimum absolute atomic E-state index is 0.249. The second-order valence-corrected chi connectivity index (χ2v) is 3.52. The van der Waals surface area contributed by atoms with E-state index >= 15 is 0 Å². The summed E-state index contributed by atoms with van der Waals surface area (Å²) >= 11 is 0. The van der Waals surface area contributed by atoms with Crippen LogP contribution in [0.25, 0.3) is 0 Å². The molecule has 2 aliphatic rings. The molecule has 0 aromatic heterocycles. The van der Waals surface area contributed by atoms with Crippen molar-refractivity contribution >= 4 is 6.29 Å². The van der Waals surface area contributed by atoms with Crippen LogP contribution in [0.1, 0.15) is 19.3 Å². The van der Waals surface area contributed by atoms with E-state index in [4.69, 9.17) is 0 Å². The van der Waals surface area contributed by atoms with Crippen molar-refractivity contribution in [3.05, 3.63) is 0 Å². The number of likely N-dealkylation sites (tertiary alicyclic amines) is 1. The number of rotatable bonds is 1. The number of carbonyl (C=O) groups excluding carboxylic acids is 1. The van der Waals surface area contributed by atoms with E-state index in [2.05, 4.69) is 11.9 Å². The van der Waals surface area contributed by atoms with Crippen LogP contribution in [0.4, 0.5) is 0 Å². The van der Waals surface area contributed by atoms with E-state index < -0.39 is 0 Å². The molecule has 2 fully saturated rings. The Morgan fingerprint density at radius 3 is 2.70 bits per heavy atom. The third-order valence-corrected chi connectivity index (χ3v) is 3.11. The third kappa shape index (κ3) is 0.655. The Labute approximate surface area is 61.2 Å². The van der Waals surface area contributed by atoms with Crippen molar-refractivity contribution in [2.45, 2.75) is 31.3 Å². The highest BCUT2D eigenvalue weighted by Gasteiger charge is 2.43. The molecular formula is C8H13NO. The Balaban J connectivity index is 2.16. The van der Waals surface area contributed by atoms with E-state index in [1.54, 1.807) is 0 Å². The van der Waals surface area contributed by atoms with Gasteiger partial charge in [-0.15, -0.1) is 0 Å². The van der Waals surface area contributed by atoms with Gasteiger partial charge in [0, 0.05) is 6.04 Å². The summed E-state index contributed by atoms with van der Waals surface area (Å²) in [4.78, 5) is 12.8. The quantitative estimate of drug-likeness (QED) is 0.498. The van der Waals surface area contributed by atoms with Crippen LogP contribution >= 0.6 is 0 Å². The Bertz CT molecular complexity index is 155. The number of piperidine rings is 1. The maximum absolute atomic E-state index is 10.6. The van der Waals surface area contributed by atoms with E-state index in [1.807, 2.05) is 0 Å². The fourth-order valence-corrected chi connectivity index (χ4v) is 2.45. The molecule has 0 amide bonds. The smallest absolute Gasteiger partial charge is 0.137 e. The Hall–Kier alpha value is -0.370. The minimum atomic E-state index is 0.249. The lowest BCUT2D eigenvalue weighted by atomic mass is 10.0. The highest BCUT2D eigenvalue weighted by molar-refractivity contribution is 5.59. The van der Waals surface area contributed by atoms with E-state index in [0.29, 0.717) is 5.92 Å². The average molecular weight is 139 g/mol. The molecule has 2 unspecified atom stereocenters. The topological polar surface area (TPSA) is 20.3 Å². The van der Waals surface area contributed by atoms with Gasteiger partial charge in [0.25, 0.3) is 0 Å². The molecule has 1 saturated heterocycles. The molecule has 2 nitrogen and oxygen atoms in total. The first-order valence-corrected chi connectivity index (χ1v) is 4.00. The number of carbonyl (C=O) groups is 1.